The predicted molar refractivity (Wildman–Crippen MR) is 93.9 cm³/mol. The molecule has 2 atom stereocenters. The molecule has 2 saturated heterocycles. The van der Waals surface area contributed by atoms with Gasteiger partial charge < -0.3 is 14.5 Å². The van der Waals surface area contributed by atoms with E-state index in [1.54, 1.807) is 18.4 Å². The molecule has 0 radical (unpaired) electrons. The summed E-state index contributed by atoms with van der Waals surface area (Å²) in [7, 11) is 1.67. The van der Waals surface area contributed by atoms with Gasteiger partial charge in [-0.1, -0.05) is 0 Å². The number of nitrogens with zero attached hydrogens (tertiary/aromatic N) is 2. The van der Waals surface area contributed by atoms with Crippen molar-refractivity contribution in [3.05, 3.63) is 22.4 Å². The first-order valence-corrected chi connectivity index (χ1v) is 9.70. The largest absolute Gasteiger partial charge is 0.383 e. The molecule has 0 aliphatic carbocycles. The summed E-state index contributed by atoms with van der Waals surface area (Å²) < 4.78 is 5.17. The molecule has 1 aromatic heterocycles. The zero-order valence-corrected chi connectivity index (χ0v) is 15.1. The van der Waals surface area contributed by atoms with Crippen LogP contribution < -0.4 is 0 Å². The quantitative estimate of drug-likeness (QED) is 0.818. The van der Waals surface area contributed by atoms with Gasteiger partial charge >= 0.3 is 0 Å². The van der Waals surface area contributed by atoms with Crippen molar-refractivity contribution < 1.29 is 14.3 Å². The average Bonchev–Trinajstić information content (AvgIpc) is 3.03. The first-order chi connectivity index (χ1) is 11.7. The SMILES string of the molecule is COCCN1C(=O)CCC[C@H]2CN(C(=O)Cc3ccsc3)CC[C@H]21. The molecular formula is C18H26N2O3S. The number of hydrogen-bond donors (Lipinski definition) is 0. The second-order valence-corrected chi connectivity index (χ2v) is 7.52. The zero-order chi connectivity index (χ0) is 16.9. The minimum absolute atomic E-state index is 0.214. The van der Waals surface area contributed by atoms with Crippen molar-refractivity contribution in [2.75, 3.05) is 33.4 Å². The molecule has 0 bridgehead atoms. The summed E-state index contributed by atoms with van der Waals surface area (Å²) in [5.74, 6) is 0.858. The second-order valence-electron chi connectivity index (χ2n) is 6.74. The highest BCUT2D eigenvalue weighted by Gasteiger charge is 2.38. The smallest absolute Gasteiger partial charge is 0.227 e. The van der Waals surface area contributed by atoms with E-state index in [0.29, 0.717) is 31.9 Å². The molecule has 2 aliphatic rings. The lowest BCUT2D eigenvalue weighted by atomic mass is 9.88. The molecule has 24 heavy (non-hydrogen) atoms. The molecule has 3 rings (SSSR count). The fraction of sp³-hybridized carbons (Fsp3) is 0.667. The van der Waals surface area contributed by atoms with Gasteiger partial charge in [-0.3, -0.25) is 9.59 Å². The monoisotopic (exact) mass is 350 g/mol. The Kier molecular flexibility index (Phi) is 5.89. The fourth-order valence-corrected chi connectivity index (χ4v) is 4.61. The van der Waals surface area contributed by atoms with Crippen molar-refractivity contribution in [3.63, 3.8) is 0 Å². The van der Waals surface area contributed by atoms with Crippen molar-refractivity contribution in [3.8, 4) is 0 Å². The maximum atomic E-state index is 12.6. The minimum atomic E-state index is 0.214. The van der Waals surface area contributed by atoms with Crippen LogP contribution in [0.2, 0.25) is 0 Å². The van der Waals surface area contributed by atoms with Crippen LogP contribution in [0.15, 0.2) is 16.8 Å². The summed E-state index contributed by atoms with van der Waals surface area (Å²) in [6.07, 6.45) is 3.96. The van der Waals surface area contributed by atoms with Gasteiger partial charge in [0, 0.05) is 39.2 Å². The summed E-state index contributed by atoms with van der Waals surface area (Å²) in [4.78, 5) is 29.0. The third-order valence-corrected chi connectivity index (χ3v) is 5.94. The summed E-state index contributed by atoms with van der Waals surface area (Å²) in [6.45, 7) is 2.78. The second kappa shape index (κ2) is 8.12. The average molecular weight is 350 g/mol. The summed E-state index contributed by atoms with van der Waals surface area (Å²) in [6, 6.07) is 2.28. The number of piperidine rings is 1. The fourth-order valence-electron chi connectivity index (χ4n) is 3.94. The number of thiophene rings is 1. The van der Waals surface area contributed by atoms with Crippen LogP contribution in [0.5, 0.6) is 0 Å². The van der Waals surface area contributed by atoms with Crippen LogP contribution in [0.4, 0.5) is 0 Å². The Bertz CT molecular complexity index is 561. The van der Waals surface area contributed by atoms with E-state index < -0.39 is 0 Å². The molecule has 5 nitrogen and oxygen atoms in total. The van der Waals surface area contributed by atoms with Crippen LogP contribution in [0.25, 0.3) is 0 Å². The molecule has 0 spiro atoms. The highest BCUT2D eigenvalue weighted by molar-refractivity contribution is 7.08. The molecule has 1 aromatic rings. The van der Waals surface area contributed by atoms with Crippen LogP contribution >= 0.6 is 11.3 Å². The number of likely N-dealkylation sites (tertiary alicyclic amines) is 2. The molecule has 2 aliphatic heterocycles. The Morgan fingerprint density at radius 1 is 1.42 bits per heavy atom. The Labute approximate surface area is 147 Å². The molecule has 2 amide bonds. The lowest BCUT2D eigenvalue weighted by Gasteiger charge is -2.42. The van der Waals surface area contributed by atoms with Crippen LogP contribution in [-0.2, 0) is 20.7 Å². The molecule has 3 heterocycles. The van der Waals surface area contributed by atoms with Gasteiger partial charge in [-0.25, -0.2) is 0 Å². The van der Waals surface area contributed by atoms with Crippen molar-refractivity contribution in [1.29, 1.82) is 0 Å². The number of ether oxygens (including phenoxy) is 1. The molecule has 132 valence electrons. The Morgan fingerprint density at radius 2 is 2.29 bits per heavy atom. The van der Waals surface area contributed by atoms with Crippen LogP contribution in [0, 0.1) is 5.92 Å². The van der Waals surface area contributed by atoms with Crippen molar-refractivity contribution in [2.45, 2.75) is 38.1 Å². The van der Waals surface area contributed by atoms with E-state index in [1.807, 2.05) is 26.6 Å². The van der Waals surface area contributed by atoms with E-state index in [9.17, 15) is 9.59 Å². The van der Waals surface area contributed by atoms with Crippen LogP contribution in [-0.4, -0.2) is 61.0 Å². The number of rotatable bonds is 5. The Hall–Kier alpha value is -1.40. The lowest BCUT2D eigenvalue weighted by Crippen LogP contribution is -2.53. The molecule has 6 heteroatoms. The predicted octanol–water partition coefficient (Wildman–Crippen LogP) is 2.17. The van der Waals surface area contributed by atoms with E-state index in [4.69, 9.17) is 4.74 Å². The van der Waals surface area contributed by atoms with E-state index in [1.165, 1.54) is 0 Å². The van der Waals surface area contributed by atoms with E-state index in [0.717, 1.165) is 37.9 Å². The molecule has 0 aromatic carbocycles. The summed E-state index contributed by atoms with van der Waals surface area (Å²) in [5.41, 5.74) is 1.10. The van der Waals surface area contributed by atoms with Gasteiger partial charge in [-0.15, -0.1) is 0 Å². The van der Waals surface area contributed by atoms with E-state index >= 15 is 0 Å². The van der Waals surface area contributed by atoms with Gasteiger partial charge in [0.25, 0.3) is 0 Å². The Morgan fingerprint density at radius 3 is 3.04 bits per heavy atom. The summed E-state index contributed by atoms with van der Waals surface area (Å²) in [5, 5.41) is 4.06. The van der Waals surface area contributed by atoms with Crippen LogP contribution in [0.1, 0.15) is 31.2 Å². The number of carbonyl (C=O) groups excluding carboxylic acids is 2. The number of hydrogen-bond acceptors (Lipinski definition) is 4. The number of carbonyl (C=O) groups is 2. The first-order valence-electron chi connectivity index (χ1n) is 8.76. The van der Waals surface area contributed by atoms with Gasteiger partial charge in [-0.2, -0.15) is 11.3 Å². The Balaban J connectivity index is 1.63. The van der Waals surface area contributed by atoms with Crippen LogP contribution in [0.3, 0.4) is 0 Å². The topological polar surface area (TPSA) is 49.9 Å². The molecule has 0 saturated carbocycles. The normalized spacial score (nSPS) is 24.6. The van der Waals surface area contributed by atoms with Crippen molar-refractivity contribution in [1.82, 2.24) is 9.80 Å². The summed E-state index contributed by atoms with van der Waals surface area (Å²) >= 11 is 1.63. The number of amides is 2. The van der Waals surface area contributed by atoms with Gasteiger partial charge in [0.05, 0.1) is 13.0 Å². The van der Waals surface area contributed by atoms with Gasteiger partial charge in [0.15, 0.2) is 0 Å². The third kappa shape index (κ3) is 3.98. The van der Waals surface area contributed by atoms with Gasteiger partial charge in [-0.05, 0) is 47.6 Å². The maximum Gasteiger partial charge on any atom is 0.227 e. The molecule has 0 unspecified atom stereocenters. The van der Waals surface area contributed by atoms with Gasteiger partial charge in [0.1, 0.15) is 0 Å². The van der Waals surface area contributed by atoms with Crippen molar-refractivity contribution in [2.24, 2.45) is 5.92 Å². The molecule has 2 fully saturated rings. The van der Waals surface area contributed by atoms with Gasteiger partial charge in [0.2, 0.25) is 11.8 Å². The third-order valence-electron chi connectivity index (χ3n) is 5.20. The molecular weight excluding hydrogens is 324 g/mol. The maximum absolute atomic E-state index is 12.6. The van der Waals surface area contributed by atoms with E-state index in [-0.39, 0.29) is 17.9 Å². The number of fused-ring (bicyclic) bond motifs is 1. The zero-order valence-electron chi connectivity index (χ0n) is 14.3. The number of methoxy groups -OCH3 is 1. The lowest BCUT2D eigenvalue weighted by molar-refractivity contribution is -0.138. The standard InChI is InChI=1S/C18H26N2O3S/c1-23-9-8-20-16-5-7-19(12-15(16)3-2-4-17(20)21)18(22)11-14-6-10-24-13-14/h6,10,13,15-16H,2-5,7-9,11-12H2,1H3/t15-,16+/m0/s1. The molecule has 0 N–H and O–H groups in total. The first kappa shape index (κ1) is 17.4. The highest BCUT2D eigenvalue weighted by atomic mass is 32.1. The highest BCUT2D eigenvalue weighted by Crippen LogP contribution is 2.30. The van der Waals surface area contributed by atoms with E-state index in [2.05, 4.69) is 0 Å². The minimum Gasteiger partial charge on any atom is -0.383 e. The van der Waals surface area contributed by atoms with Crippen molar-refractivity contribution >= 4 is 23.2 Å².